The zero-order valence-corrected chi connectivity index (χ0v) is 12.7. The van der Waals surface area contributed by atoms with Crippen LogP contribution in [0.3, 0.4) is 0 Å². The number of rotatable bonds is 9. The molecule has 0 bridgehead atoms. The van der Waals surface area contributed by atoms with Gasteiger partial charge in [-0.15, -0.1) is 6.42 Å². The van der Waals surface area contributed by atoms with Gasteiger partial charge in [-0.2, -0.15) is 0 Å². The van der Waals surface area contributed by atoms with Gasteiger partial charge in [0, 0.05) is 32.4 Å². The van der Waals surface area contributed by atoms with Crippen LogP contribution >= 0.6 is 0 Å². The lowest BCUT2D eigenvalue weighted by molar-refractivity contribution is 0.150. The first-order valence-electron chi connectivity index (χ1n) is 6.93. The summed E-state index contributed by atoms with van der Waals surface area (Å²) in [6.45, 7) is 7.27. The number of hydrogen-bond donors (Lipinski definition) is 1. The van der Waals surface area contributed by atoms with Crippen molar-refractivity contribution in [3.05, 3.63) is 29.8 Å². The lowest BCUT2D eigenvalue weighted by Gasteiger charge is -2.25. The molecule has 0 aromatic heterocycles. The topological polar surface area (TPSA) is 30.5 Å². The lowest BCUT2D eigenvalue weighted by Crippen LogP contribution is -2.30. The molecule has 0 unspecified atom stereocenters. The molecule has 0 heterocycles. The molecule has 0 aliphatic rings. The number of ether oxygens (including phenoxy) is 2. The standard InChI is InChI=1S/C17H25NO2/c1-5-11-20-16-9-7-6-8-15(16)13-18-14-17(2,3)10-12-19-4/h1,6-9,18H,10-14H2,2-4H3. The van der Waals surface area contributed by atoms with Crippen molar-refractivity contribution in [2.24, 2.45) is 5.41 Å². The Bertz CT molecular complexity index is 435. The highest BCUT2D eigenvalue weighted by atomic mass is 16.5. The summed E-state index contributed by atoms with van der Waals surface area (Å²) in [7, 11) is 1.74. The molecule has 0 amide bonds. The monoisotopic (exact) mass is 275 g/mol. The van der Waals surface area contributed by atoms with Crippen LogP contribution in [0.2, 0.25) is 0 Å². The van der Waals surface area contributed by atoms with Crippen molar-refractivity contribution in [1.82, 2.24) is 5.32 Å². The molecule has 20 heavy (non-hydrogen) atoms. The van der Waals surface area contributed by atoms with Crippen LogP contribution < -0.4 is 10.1 Å². The molecule has 1 aromatic carbocycles. The van der Waals surface area contributed by atoms with Gasteiger partial charge >= 0.3 is 0 Å². The second-order valence-electron chi connectivity index (χ2n) is 5.61. The molecule has 0 spiro atoms. The van der Waals surface area contributed by atoms with Gasteiger partial charge < -0.3 is 14.8 Å². The number of benzene rings is 1. The summed E-state index contributed by atoms with van der Waals surface area (Å²) in [4.78, 5) is 0. The van der Waals surface area contributed by atoms with Gasteiger partial charge in [0.1, 0.15) is 12.4 Å². The maximum atomic E-state index is 5.54. The molecule has 1 rings (SSSR count). The minimum Gasteiger partial charge on any atom is -0.481 e. The van der Waals surface area contributed by atoms with Crippen molar-refractivity contribution in [2.45, 2.75) is 26.8 Å². The number of para-hydroxylation sites is 1. The van der Waals surface area contributed by atoms with Gasteiger partial charge in [-0.05, 0) is 17.9 Å². The minimum absolute atomic E-state index is 0.213. The van der Waals surface area contributed by atoms with E-state index in [-0.39, 0.29) is 5.41 Å². The van der Waals surface area contributed by atoms with E-state index in [2.05, 4.69) is 31.2 Å². The molecule has 1 aromatic rings. The Balaban J connectivity index is 2.47. The predicted octanol–water partition coefficient (Wildman–Crippen LogP) is 2.85. The summed E-state index contributed by atoms with van der Waals surface area (Å²) in [6.07, 6.45) is 6.26. The Hall–Kier alpha value is -1.50. The molecule has 3 nitrogen and oxygen atoms in total. The predicted molar refractivity (Wildman–Crippen MR) is 82.8 cm³/mol. The number of hydrogen-bond acceptors (Lipinski definition) is 3. The molecular formula is C17H25NO2. The summed E-state index contributed by atoms with van der Waals surface area (Å²) in [5.74, 6) is 3.34. The molecule has 0 aliphatic heterocycles. The fourth-order valence-corrected chi connectivity index (χ4v) is 1.91. The van der Waals surface area contributed by atoms with Gasteiger partial charge in [0.05, 0.1) is 0 Å². The van der Waals surface area contributed by atoms with Gasteiger partial charge in [0.2, 0.25) is 0 Å². The number of nitrogens with one attached hydrogen (secondary N) is 1. The van der Waals surface area contributed by atoms with Crippen molar-refractivity contribution in [1.29, 1.82) is 0 Å². The molecule has 0 saturated carbocycles. The molecule has 3 heteroatoms. The zero-order valence-electron chi connectivity index (χ0n) is 12.7. The summed E-state index contributed by atoms with van der Waals surface area (Å²) in [5, 5.41) is 3.48. The van der Waals surface area contributed by atoms with E-state index in [1.165, 1.54) is 0 Å². The normalized spacial score (nSPS) is 11.1. The highest BCUT2D eigenvalue weighted by Gasteiger charge is 2.17. The highest BCUT2D eigenvalue weighted by Crippen LogP contribution is 2.21. The Labute approximate surface area is 122 Å². The van der Waals surface area contributed by atoms with Crippen molar-refractivity contribution >= 4 is 0 Å². The highest BCUT2D eigenvalue weighted by molar-refractivity contribution is 5.33. The summed E-state index contributed by atoms with van der Waals surface area (Å²) >= 11 is 0. The molecule has 0 saturated heterocycles. The fourth-order valence-electron chi connectivity index (χ4n) is 1.91. The van der Waals surface area contributed by atoms with Crippen molar-refractivity contribution < 1.29 is 9.47 Å². The quantitative estimate of drug-likeness (QED) is 0.703. The van der Waals surface area contributed by atoms with Gasteiger partial charge in [-0.3, -0.25) is 0 Å². The largest absolute Gasteiger partial charge is 0.481 e. The van der Waals surface area contributed by atoms with E-state index in [9.17, 15) is 0 Å². The zero-order chi connectivity index (χ0) is 14.8. The maximum Gasteiger partial charge on any atom is 0.148 e. The minimum atomic E-state index is 0.213. The molecular weight excluding hydrogens is 250 g/mol. The van der Waals surface area contributed by atoms with Crippen LogP contribution in [-0.4, -0.2) is 26.9 Å². The first-order valence-corrected chi connectivity index (χ1v) is 6.93. The SMILES string of the molecule is C#CCOc1ccccc1CNCC(C)(C)CCOC. The van der Waals surface area contributed by atoms with E-state index in [0.29, 0.717) is 6.61 Å². The van der Waals surface area contributed by atoms with Crippen LogP contribution in [0, 0.1) is 17.8 Å². The van der Waals surface area contributed by atoms with Crippen LogP contribution in [0.25, 0.3) is 0 Å². The van der Waals surface area contributed by atoms with Crippen LogP contribution in [0.4, 0.5) is 0 Å². The van der Waals surface area contributed by atoms with Gasteiger partial charge in [-0.25, -0.2) is 0 Å². The van der Waals surface area contributed by atoms with Crippen LogP contribution in [0.1, 0.15) is 25.8 Å². The van der Waals surface area contributed by atoms with E-state index in [0.717, 1.165) is 37.4 Å². The molecule has 1 N–H and O–H groups in total. The second-order valence-corrected chi connectivity index (χ2v) is 5.61. The Morgan fingerprint density at radius 1 is 1.30 bits per heavy atom. The van der Waals surface area contributed by atoms with Crippen molar-refractivity contribution in [2.75, 3.05) is 26.9 Å². The molecule has 110 valence electrons. The number of methoxy groups -OCH3 is 1. The molecule has 0 radical (unpaired) electrons. The third-order valence-electron chi connectivity index (χ3n) is 3.19. The number of terminal acetylenes is 1. The third kappa shape index (κ3) is 6.10. The Morgan fingerprint density at radius 2 is 2.05 bits per heavy atom. The van der Waals surface area contributed by atoms with E-state index in [1.54, 1.807) is 7.11 Å². The van der Waals surface area contributed by atoms with Gasteiger partial charge in [0.15, 0.2) is 0 Å². The van der Waals surface area contributed by atoms with Gasteiger partial charge in [-0.1, -0.05) is 38.0 Å². The van der Waals surface area contributed by atoms with E-state index < -0.39 is 0 Å². The Kier molecular flexibility index (Phi) is 7.14. The average Bonchev–Trinajstić information content (AvgIpc) is 2.44. The summed E-state index contributed by atoms with van der Waals surface area (Å²) < 4.78 is 10.7. The van der Waals surface area contributed by atoms with Crippen LogP contribution in [0.5, 0.6) is 5.75 Å². The van der Waals surface area contributed by atoms with Crippen molar-refractivity contribution in [3.8, 4) is 18.1 Å². The lowest BCUT2D eigenvalue weighted by atomic mass is 9.89. The van der Waals surface area contributed by atoms with E-state index in [4.69, 9.17) is 15.9 Å². The smallest absolute Gasteiger partial charge is 0.148 e. The first kappa shape index (κ1) is 16.6. The fraction of sp³-hybridized carbons (Fsp3) is 0.529. The molecule has 0 aliphatic carbocycles. The Morgan fingerprint density at radius 3 is 2.75 bits per heavy atom. The first-order chi connectivity index (χ1) is 9.59. The average molecular weight is 275 g/mol. The third-order valence-corrected chi connectivity index (χ3v) is 3.19. The van der Waals surface area contributed by atoms with Crippen LogP contribution in [0.15, 0.2) is 24.3 Å². The summed E-state index contributed by atoms with van der Waals surface area (Å²) in [6, 6.07) is 7.97. The van der Waals surface area contributed by atoms with Crippen LogP contribution in [-0.2, 0) is 11.3 Å². The van der Waals surface area contributed by atoms with Crippen molar-refractivity contribution in [3.63, 3.8) is 0 Å². The molecule has 0 fully saturated rings. The van der Waals surface area contributed by atoms with E-state index in [1.807, 2.05) is 18.2 Å². The summed E-state index contributed by atoms with van der Waals surface area (Å²) in [5.41, 5.74) is 1.34. The molecule has 0 atom stereocenters. The van der Waals surface area contributed by atoms with Gasteiger partial charge in [0.25, 0.3) is 0 Å². The second kappa shape index (κ2) is 8.63. The maximum absolute atomic E-state index is 5.54. The van der Waals surface area contributed by atoms with E-state index >= 15 is 0 Å².